The number of aliphatic imine (C=N–C) groups is 1. The number of ether oxygens (including phenoxy) is 2. The third-order valence-corrected chi connectivity index (χ3v) is 5.89. The molecule has 2 N–H and O–H groups in total. The average Bonchev–Trinajstić information content (AvgIpc) is 2.62. The van der Waals surface area contributed by atoms with Crippen molar-refractivity contribution < 1.29 is 9.47 Å². The van der Waals surface area contributed by atoms with Crippen LogP contribution in [-0.4, -0.2) is 49.4 Å². The highest BCUT2D eigenvalue weighted by Crippen LogP contribution is 2.33. The summed E-state index contributed by atoms with van der Waals surface area (Å²) in [6, 6.07) is 8.14. The average molecular weight is 380 g/mol. The number of hydrogen-bond donors (Lipinski definition) is 2. The zero-order valence-electron chi connectivity index (χ0n) is 16.7. The molecule has 1 aromatic rings. The van der Waals surface area contributed by atoms with Crippen LogP contribution in [0.1, 0.15) is 39.2 Å². The Kier molecular flexibility index (Phi) is 7.65. The molecule has 0 radical (unpaired) electrons. The van der Waals surface area contributed by atoms with Gasteiger partial charge < -0.3 is 20.1 Å². The molecule has 1 saturated heterocycles. The van der Waals surface area contributed by atoms with E-state index in [-0.39, 0.29) is 10.3 Å². The lowest BCUT2D eigenvalue weighted by Gasteiger charge is -2.36. The van der Waals surface area contributed by atoms with Crippen molar-refractivity contribution in [2.24, 2.45) is 4.99 Å². The van der Waals surface area contributed by atoms with Crippen LogP contribution in [0, 0.1) is 0 Å². The summed E-state index contributed by atoms with van der Waals surface area (Å²) < 4.78 is 11.8. The number of para-hydroxylation sites is 1. The lowest BCUT2D eigenvalue weighted by Crippen LogP contribution is -2.47. The van der Waals surface area contributed by atoms with Gasteiger partial charge in [0.1, 0.15) is 11.4 Å². The fraction of sp³-hybridized carbons (Fsp3) is 0.650. The maximum absolute atomic E-state index is 6.07. The molecule has 5 nitrogen and oxygen atoms in total. The van der Waals surface area contributed by atoms with Crippen molar-refractivity contribution in [3.63, 3.8) is 0 Å². The normalized spacial score (nSPS) is 17.7. The fourth-order valence-electron chi connectivity index (χ4n) is 2.92. The Morgan fingerprint density at radius 1 is 1.23 bits per heavy atom. The molecule has 6 heteroatoms. The van der Waals surface area contributed by atoms with Gasteiger partial charge in [-0.1, -0.05) is 18.2 Å². The number of benzene rings is 1. The van der Waals surface area contributed by atoms with E-state index in [9.17, 15) is 0 Å². The maximum Gasteiger partial charge on any atom is 0.191 e. The molecule has 0 bridgehead atoms. The van der Waals surface area contributed by atoms with Gasteiger partial charge in [-0.3, -0.25) is 4.99 Å². The molecule has 26 heavy (non-hydrogen) atoms. The Hall–Kier alpha value is -1.40. The predicted molar refractivity (Wildman–Crippen MR) is 111 cm³/mol. The predicted octanol–water partition coefficient (Wildman–Crippen LogP) is 3.44. The first-order valence-electron chi connectivity index (χ1n) is 9.22. The van der Waals surface area contributed by atoms with E-state index in [0.717, 1.165) is 49.9 Å². The van der Waals surface area contributed by atoms with Crippen LogP contribution in [0.3, 0.4) is 0 Å². The highest BCUT2D eigenvalue weighted by molar-refractivity contribution is 8.00. The third-order valence-electron chi connectivity index (χ3n) is 4.47. The van der Waals surface area contributed by atoms with Gasteiger partial charge in [0.05, 0.1) is 0 Å². The first-order chi connectivity index (χ1) is 12.4. The largest absolute Gasteiger partial charge is 0.488 e. The molecule has 0 spiro atoms. The van der Waals surface area contributed by atoms with E-state index in [0.29, 0.717) is 6.54 Å². The number of thioether (sulfide) groups is 1. The highest BCUT2D eigenvalue weighted by atomic mass is 32.2. The van der Waals surface area contributed by atoms with Crippen LogP contribution < -0.4 is 15.4 Å². The van der Waals surface area contributed by atoms with Crippen molar-refractivity contribution in [3.8, 4) is 5.75 Å². The lowest BCUT2D eigenvalue weighted by molar-refractivity contribution is 0.0783. The molecule has 1 aliphatic rings. The van der Waals surface area contributed by atoms with E-state index in [4.69, 9.17) is 9.47 Å². The Morgan fingerprint density at radius 3 is 2.54 bits per heavy atom. The SMILES string of the molecule is CN=C(NCc1ccccc1OC(C)(C)C)NCC1(SC)CCOCC1. The zero-order chi connectivity index (χ0) is 19.0. The van der Waals surface area contributed by atoms with Gasteiger partial charge in [0.2, 0.25) is 0 Å². The summed E-state index contributed by atoms with van der Waals surface area (Å²) in [7, 11) is 1.81. The molecule has 0 atom stereocenters. The Balaban J connectivity index is 1.93. The van der Waals surface area contributed by atoms with Crippen molar-refractivity contribution in [1.29, 1.82) is 0 Å². The molecule has 0 aromatic heterocycles. The van der Waals surface area contributed by atoms with Crippen molar-refractivity contribution in [2.45, 2.75) is 50.5 Å². The Bertz CT molecular complexity index is 593. The van der Waals surface area contributed by atoms with Crippen LogP contribution in [0.15, 0.2) is 29.3 Å². The van der Waals surface area contributed by atoms with Gasteiger partial charge >= 0.3 is 0 Å². The van der Waals surface area contributed by atoms with Crippen LogP contribution in [0.4, 0.5) is 0 Å². The number of hydrogen-bond acceptors (Lipinski definition) is 4. The molecular weight excluding hydrogens is 346 g/mol. The van der Waals surface area contributed by atoms with E-state index in [1.165, 1.54) is 0 Å². The zero-order valence-corrected chi connectivity index (χ0v) is 17.5. The highest BCUT2D eigenvalue weighted by Gasteiger charge is 2.31. The lowest BCUT2D eigenvalue weighted by atomic mass is 9.99. The summed E-state index contributed by atoms with van der Waals surface area (Å²) in [5, 5.41) is 6.90. The summed E-state index contributed by atoms with van der Waals surface area (Å²) >= 11 is 1.92. The second-order valence-corrected chi connectivity index (χ2v) is 8.88. The van der Waals surface area contributed by atoms with Gasteiger partial charge in [0.25, 0.3) is 0 Å². The minimum Gasteiger partial charge on any atom is -0.488 e. The monoisotopic (exact) mass is 379 g/mol. The maximum atomic E-state index is 6.07. The molecule has 0 amide bonds. The van der Waals surface area contributed by atoms with Crippen LogP contribution in [0.5, 0.6) is 5.75 Å². The molecule has 1 heterocycles. The van der Waals surface area contributed by atoms with Gasteiger partial charge in [-0.15, -0.1) is 0 Å². The van der Waals surface area contributed by atoms with E-state index >= 15 is 0 Å². The van der Waals surface area contributed by atoms with Gasteiger partial charge in [0, 0.05) is 43.7 Å². The molecule has 0 unspecified atom stereocenters. The van der Waals surface area contributed by atoms with E-state index in [1.54, 1.807) is 0 Å². The van der Waals surface area contributed by atoms with Crippen molar-refractivity contribution in [3.05, 3.63) is 29.8 Å². The van der Waals surface area contributed by atoms with E-state index in [2.05, 4.69) is 48.7 Å². The molecule has 146 valence electrons. The number of guanidine groups is 1. The van der Waals surface area contributed by atoms with Gasteiger partial charge in [-0.05, 0) is 45.9 Å². The molecular formula is C20H33N3O2S. The van der Waals surface area contributed by atoms with E-state index < -0.39 is 0 Å². The number of rotatable bonds is 6. The Morgan fingerprint density at radius 2 is 1.92 bits per heavy atom. The first-order valence-corrected chi connectivity index (χ1v) is 10.4. The molecule has 2 rings (SSSR count). The molecule has 0 aliphatic carbocycles. The molecule has 1 aliphatic heterocycles. The standard InChI is InChI=1S/C20H33N3O2S/c1-19(2,3)25-17-9-7-6-8-16(17)14-22-18(21-4)23-15-20(26-5)10-12-24-13-11-20/h6-9H,10-15H2,1-5H3,(H2,21,22,23). The van der Waals surface area contributed by atoms with Crippen LogP contribution in [0.25, 0.3) is 0 Å². The summed E-state index contributed by atoms with van der Waals surface area (Å²) in [4.78, 5) is 4.37. The smallest absolute Gasteiger partial charge is 0.191 e. The minimum atomic E-state index is -0.218. The molecule has 1 fully saturated rings. The molecule has 0 saturated carbocycles. The summed E-state index contributed by atoms with van der Waals surface area (Å²) in [5.74, 6) is 1.73. The van der Waals surface area contributed by atoms with Gasteiger partial charge in [0.15, 0.2) is 5.96 Å². The second-order valence-electron chi connectivity index (χ2n) is 7.60. The minimum absolute atomic E-state index is 0.218. The number of nitrogens with one attached hydrogen (secondary N) is 2. The molecule has 1 aromatic carbocycles. The van der Waals surface area contributed by atoms with E-state index in [1.807, 2.05) is 37.0 Å². The first kappa shape index (κ1) is 20.9. The topological polar surface area (TPSA) is 54.9 Å². The van der Waals surface area contributed by atoms with Gasteiger partial charge in [-0.2, -0.15) is 11.8 Å². The third kappa shape index (κ3) is 6.40. The summed E-state index contributed by atoms with van der Waals surface area (Å²) in [6.45, 7) is 9.42. The Labute approximate surface area is 162 Å². The van der Waals surface area contributed by atoms with Crippen molar-refractivity contribution >= 4 is 17.7 Å². The van der Waals surface area contributed by atoms with Crippen LogP contribution in [0.2, 0.25) is 0 Å². The summed E-state index contributed by atoms with van der Waals surface area (Å²) in [6.07, 6.45) is 4.32. The summed E-state index contributed by atoms with van der Waals surface area (Å²) in [5.41, 5.74) is 0.903. The van der Waals surface area contributed by atoms with Crippen LogP contribution >= 0.6 is 11.8 Å². The fourth-order valence-corrected chi connectivity index (χ4v) is 3.71. The quantitative estimate of drug-likeness (QED) is 0.586. The van der Waals surface area contributed by atoms with Crippen molar-refractivity contribution in [1.82, 2.24) is 10.6 Å². The van der Waals surface area contributed by atoms with Gasteiger partial charge in [-0.25, -0.2) is 0 Å². The van der Waals surface area contributed by atoms with Crippen molar-refractivity contribution in [2.75, 3.05) is 33.1 Å². The van der Waals surface area contributed by atoms with Crippen LogP contribution in [-0.2, 0) is 11.3 Å². The second kappa shape index (κ2) is 9.51. The number of nitrogens with zero attached hydrogens (tertiary/aromatic N) is 1.